The molecule has 1 N–H and O–H groups in total. The molecule has 0 unspecified atom stereocenters. The van der Waals surface area contributed by atoms with Crippen LogP contribution < -0.4 is 23.9 Å². The SMILES string of the molecule is CCOc1cc(/C=N\NC(=O)CN(c2ccc(OC)cc2)S(=O)(=O)c2ccccc2)ccc1OCc1cccc(Cl)c1. The van der Waals surface area contributed by atoms with Gasteiger partial charge >= 0.3 is 0 Å². The van der Waals surface area contributed by atoms with Gasteiger partial charge in [-0.2, -0.15) is 5.10 Å². The van der Waals surface area contributed by atoms with Gasteiger partial charge in [0.15, 0.2) is 11.5 Å². The van der Waals surface area contributed by atoms with Gasteiger partial charge in [-0.1, -0.05) is 41.9 Å². The number of halogens is 1. The van der Waals surface area contributed by atoms with Crippen LogP contribution in [0.2, 0.25) is 5.02 Å². The highest BCUT2D eigenvalue weighted by molar-refractivity contribution is 7.92. The van der Waals surface area contributed by atoms with Gasteiger partial charge in [0.2, 0.25) is 0 Å². The second-order valence-corrected chi connectivity index (χ2v) is 11.2. The van der Waals surface area contributed by atoms with Gasteiger partial charge in [0, 0.05) is 5.02 Å². The summed E-state index contributed by atoms with van der Waals surface area (Å²) in [7, 11) is -2.54. The zero-order valence-electron chi connectivity index (χ0n) is 23.1. The molecule has 4 rings (SSSR count). The summed E-state index contributed by atoms with van der Waals surface area (Å²) in [6.45, 7) is 2.09. The minimum atomic E-state index is -4.05. The van der Waals surface area contributed by atoms with Gasteiger partial charge < -0.3 is 14.2 Å². The van der Waals surface area contributed by atoms with Gasteiger partial charge in [-0.05, 0) is 84.8 Å². The van der Waals surface area contributed by atoms with Crippen molar-refractivity contribution < 1.29 is 27.4 Å². The predicted octanol–water partition coefficient (Wildman–Crippen LogP) is 5.67. The molecule has 218 valence electrons. The number of hydrogen-bond donors (Lipinski definition) is 1. The Morgan fingerprint density at radius 2 is 1.69 bits per heavy atom. The lowest BCUT2D eigenvalue weighted by Gasteiger charge is -2.23. The summed E-state index contributed by atoms with van der Waals surface area (Å²) in [6, 6.07) is 26.9. The number of methoxy groups -OCH3 is 1. The molecule has 4 aromatic rings. The summed E-state index contributed by atoms with van der Waals surface area (Å²) in [6.07, 6.45) is 1.44. The van der Waals surface area contributed by atoms with Crippen molar-refractivity contribution in [2.24, 2.45) is 5.10 Å². The predicted molar refractivity (Wildman–Crippen MR) is 163 cm³/mol. The molecule has 0 saturated carbocycles. The Hall–Kier alpha value is -4.54. The number of nitrogens with one attached hydrogen (secondary N) is 1. The van der Waals surface area contributed by atoms with E-state index in [0.717, 1.165) is 9.87 Å². The van der Waals surface area contributed by atoms with Crippen molar-refractivity contribution in [2.75, 3.05) is 24.6 Å². The van der Waals surface area contributed by atoms with Crippen molar-refractivity contribution in [1.29, 1.82) is 0 Å². The van der Waals surface area contributed by atoms with Crippen molar-refractivity contribution in [3.8, 4) is 17.2 Å². The van der Waals surface area contributed by atoms with Gasteiger partial charge in [-0.15, -0.1) is 0 Å². The summed E-state index contributed by atoms with van der Waals surface area (Å²) < 4.78 is 44.8. The minimum Gasteiger partial charge on any atom is -0.497 e. The number of amides is 1. The summed E-state index contributed by atoms with van der Waals surface area (Å²) in [5, 5.41) is 4.65. The molecule has 0 heterocycles. The smallest absolute Gasteiger partial charge is 0.264 e. The Bertz CT molecular complexity index is 1630. The van der Waals surface area contributed by atoms with Gasteiger partial charge in [0.05, 0.1) is 30.5 Å². The third-order valence-electron chi connectivity index (χ3n) is 5.93. The van der Waals surface area contributed by atoms with Crippen LogP contribution in [0.15, 0.2) is 107 Å². The second-order valence-electron chi connectivity index (χ2n) is 8.87. The van der Waals surface area contributed by atoms with Crippen LogP contribution in [0.5, 0.6) is 17.2 Å². The first-order chi connectivity index (χ1) is 20.3. The maximum absolute atomic E-state index is 13.5. The van der Waals surface area contributed by atoms with Crippen LogP contribution in [0.4, 0.5) is 5.69 Å². The van der Waals surface area contributed by atoms with Crippen LogP contribution in [0.25, 0.3) is 0 Å². The number of carbonyl (C=O) groups is 1. The Morgan fingerprint density at radius 1 is 0.929 bits per heavy atom. The highest BCUT2D eigenvalue weighted by Gasteiger charge is 2.27. The number of ether oxygens (including phenoxy) is 3. The minimum absolute atomic E-state index is 0.0539. The van der Waals surface area contributed by atoms with Crippen LogP contribution >= 0.6 is 11.6 Å². The van der Waals surface area contributed by atoms with Gasteiger partial charge in [-0.3, -0.25) is 9.10 Å². The average molecular weight is 608 g/mol. The van der Waals surface area contributed by atoms with E-state index >= 15 is 0 Å². The van der Waals surface area contributed by atoms with E-state index in [1.807, 2.05) is 25.1 Å². The number of benzene rings is 4. The van der Waals surface area contributed by atoms with E-state index in [1.165, 1.54) is 25.5 Å². The van der Waals surface area contributed by atoms with Crippen molar-refractivity contribution in [2.45, 2.75) is 18.4 Å². The molecule has 42 heavy (non-hydrogen) atoms. The lowest BCUT2D eigenvalue weighted by Crippen LogP contribution is -2.39. The van der Waals surface area contributed by atoms with E-state index < -0.39 is 22.5 Å². The molecule has 0 atom stereocenters. The number of anilines is 1. The van der Waals surface area contributed by atoms with Crippen molar-refractivity contribution in [3.63, 3.8) is 0 Å². The van der Waals surface area contributed by atoms with E-state index in [9.17, 15) is 13.2 Å². The van der Waals surface area contributed by atoms with Gasteiger partial charge in [0.25, 0.3) is 15.9 Å². The molecule has 0 aliphatic heterocycles. The number of sulfonamides is 1. The highest BCUT2D eigenvalue weighted by Crippen LogP contribution is 2.29. The fraction of sp³-hybridized carbons (Fsp3) is 0.161. The molecule has 1 amide bonds. The van der Waals surface area contributed by atoms with Crippen molar-refractivity contribution in [3.05, 3.63) is 113 Å². The number of hydrogen-bond acceptors (Lipinski definition) is 7. The van der Waals surface area contributed by atoms with Crippen LogP contribution in [0.1, 0.15) is 18.1 Å². The molecule has 4 aromatic carbocycles. The first-order valence-corrected chi connectivity index (χ1v) is 14.8. The Balaban J connectivity index is 1.46. The lowest BCUT2D eigenvalue weighted by molar-refractivity contribution is -0.119. The first kappa shape index (κ1) is 30.4. The quantitative estimate of drug-likeness (QED) is 0.155. The van der Waals surface area contributed by atoms with Crippen LogP contribution in [-0.4, -0.2) is 40.8 Å². The maximum atomic E-state index is 13.5. The summed E-state index contributed by atoms with van der Waals surface area (Å²) in [5.41, 5.74) is 4.26. The summed E-state index contributed by atoms with van der Waals surface area (Å²) in [5.74, 6) is 0.971. The Labute approximate surface area is 250 Å². The molecule has 0 fully saturated rings. The fourth-order valence-electron chi connectivity index (χ4n) is 3.91. The molecule has 0 radical (unpaired) electrons. The standard InChI is InChI=1S/C31H30ClN3O6S/c1-3-40-30-19-23(12-17-29(30)41-22-24-8-7-9-25(32)18-24)20-33-34-31(36)21-35(26-13-15-27(39-2)16-14-26)42(37,38)28-10-5-4-6-11-28/h4-20H,3,21-22H2,1-2H3,(H,34,36)/b33-20-. The molecule has 11 heteroatoms. The van der Waals surface area contributed by atoms with Crippen molar-refractivity contribution >= 4 is 39.4 Å². The van der Waals surface area contributed by atoms with Crippen LogP contribution in [-0.2, 0) is 21.4 Å². The van der Waals surface area contributed by atoms with Crippen LogP contribution in [0, 0.1) is 0 Å². The van der Waals surface area contributed by atoms with E-state index in [0.29, 0.717) is 46.7 Å². The summed E-state index contributed by atoms with van der Waals surface area (Å²) in [4.78, 5) is 12.9. The molecular formula is C31H30ClN3O6S. The average Bonchev–Trinajstić information content (AvgIpc) is 3.00. The van der Waals surface area contributed by atoms with E-state index in [2.05, 4.69) is 10.5 Å². The highest BCUT2D eigenvalue weighted by atomic mass is 35.5. The summed E-state index contributed by atoms with van der Waals surface area (Å²) >= 11 is 6.06. The normalized spacial score (nSPS) is 11.2. The van der Waals surface area contributed by atoms with E-state index in [1.54, 1.807) is 66.7 Å². The fourth-order valence-corrected chi connectivity index (χ4v) is 5.56. The first-order valence-electron chi connectivity index (χ1n) is 13.0. The molecule has 9 nitrogen and oxygen atoms in total. The lowest BCUT2D eigenvalue weighted by atomic mass is 10.2. The van der Waals surface area contributed by atoms with Gasteiger partial charge in [0.1, 0.15) is 18.9 Å². The number of carbonyl (C=O) groups excluding carboxylic acids is 1. The van der Waals surface area contributed by atoms with Crippen molar-refractivity contribution in [1.82, 2.24) is 5.43 Å². The van der Waals surface area contributed by atoms with Gasteiger partial charge in [-0.25, -0.2) is 13.8 Å². The monoisotopic (exact) mass is 607 g/mol. The number of nitrogens with zero attached hydrogens (tertiary/aromatic N) is 2. The third kappa shape index (κ3) is 8.02. The molecule has 0 saturated heterocycles. The van der Waals surface area contributed by atoms with E-state index in [-0.39, 0.29) is 4.90 Å². The molecular weight excluding hydrogens is 578 g/mol. The number of hydrazone groups is 1. The Kier molecular flexibility index (Phi) is 10.4. The van der Waals surface area contributed by atoms with Crippen LogP contribution in [0.3, 0.4) is 0 Å². The largest absolute Gasteiger partial charge is 0.497 e. The number of rotatable bonds is 13. The molecule has 0 aromatic heterocycles. The maximum Gasteiger partial charge on any atom is 0.264 e. The Morgan fingerprint density at radius 3 is 2.38 bits per heavy atom. The van der Waals surface area contributed by atoms with E-state index in [4.69, 9.17) is 25.8 Å². The molecule has 0 aliphatic carbocycles. The molecule has 0 spiro atoms. The molecule has 0 aliphatic rings. The zero-order valence-corrected chi connectivity index (χ0v) is 24.6. The second kappa shape index (κ2) is 14.4. The molecule has 0 bridgehead atoms. The zero-order chi connectivity index (χ0) is 30.0. The third-order valence-corrected chi connectivity index (χ3v) is 7.96. The topological polar surface area (TPSA) is 107 Å².